The monoisotopic (exact) mass is 381 g/mol. The van der Waals surface area contributed by atoms with Crippen LogP contribution in [0.25, 0.3) is 6.08 Å². The smallest absolute Gasteiger partial charge is 0.249 e. The van der Waals surface area contributed by atoms with E-state index in [1.54, 1.807) is 6.08 Å². The van der Waals surface area contributed by atoms with Gasteiger partial charge in [0.2, 0.25) is 5.91 Å². The Bertz CT molecular complexity index is 615. The highest BCUT2D eigenvalue weighted by Crippen LogP contribution is 2.19. The van der Waals surface area contributed by atoms with Crippen LogP contribution in [0.5, 0.6) is 0 Å². The first-order valence-electron chi connectivity index (χ1n) is 5.37. The van der Waals surface area contributed by atoms with Crippen molar-refractivity contribution in [1.82, 2.24) is 9.97 Å². The third-order valence-electron chi connectivity index (χ3n) is 2.17. The quantitative estimate of drug-likeness (QED) is 0.824. The van der Waals surface area contributed by atoms with E-state index in [9.17, 15) is 4.79 Å². The van der Waals surface area contributed by atoms with Crippen LogP contribution in [0.3, 0.4) is 0 Å². The van der Waals surface area contributed by atoms with E-state index in [4.69, 9.17) is 0 Å². The third kappa shape index (κ3) is 4.25. The van der Waals surface area contributed by atoms with Gasteiger partial charge in [0.15, 0.2) is 5.82 Å². The van der Waals surface area contributed by atoms with Crippen molar-refractivity contribution in [3.05, 3.63) is 57.4 Å². The van der Waals surface area contributed by atoms with Crippen LogP contribution in [-0.2, 0) is 4.79 Å². The summed E-state index contributed by atoms with van der Waals surface area (Å²) in [5, 5.41) is 2.64. The molecule has 1 amide bonds. The van der Waals surface area contributed by atoms with Crippen LogP contribution in [0.4, 0.5) is 5.82 Å². The summed E-state index contributed by atoms with van der Waals surface area (Å²) in [5.74, 6) is 0.118. The predicted octanol–water partition coefficient (Wildman–Crippen LogP) is 3.65. The summed E-state index contributed by atoms with van der Waals surface area (Å²) >= 11 is 6.42. The maximum absolute atomic E-state index is 11.7. The second-order valence-corrected chi connectivity index (χ2v) is 5.13. The Morgan fingerprint density at radius 3 is 2.63 bits per heavy atom. The highest BCUT2D eigenvalue weighted by atomic mass is 79.9. The molecule has 4 nitrogen and oxygen atoms in total. The number of hydrogen-bond donors (Lipinski definition) is 1. The van der Waals surface area contributed by atoms with Crippen molar-refractivity contribution in [2.45, 2.75) is 0 Å². The average molecular weight is 383 g/mol. The summed E-state index contributed by atoms with van der Waals surface area (Å²) in [7, 11) is 0. The number of aromatic nitrogens is 2. The molecule has 96 valence electrons. The van der Waals surface area contributed by atoms with Gasteiger partial charge < -0.3 is 5.32 Å². The molecule has 0 aliphatic heterocycles. The lowest BCUT2D eigenvalue weighted by Gasteiger charge is -2.03. The van der Waals surface area contributed by atoms with Crippen LogP contribution in [0, 0.1) is 0 Å². The van der Waals surface area contributed by atoms with Crippen molar-refractivity contribution in [1.29, 1.82) is 0 Å². The zero-order valence-corrected chi connectivity index (χ0v) is 12.8. The highest BCUT2D eigenvalue weighted by molar-refractivity contribution is 9.11. The largest absolute Gasteiger partial charge is 0.305 e. The zero-order valence-electron chi connectivity index (χ0n) is 9.68. The molecule has 1 N–H and O–H groups in total. The van der Waals surface area contributed by atoms with Gasteiger partial charge in [-0.3, -0.25) is 4.79 Å². The van der Waals surface area contributed by atoms with Gasteiger partial charge in [0, 0.05) is 6.08 Å². The van der Waals surface area contributed by atoms with Crippen molar-refractivity contribution < 1.29 is 4.79 Å². The molecular formula is C13H9Br2N3O. The van der Waals surface area contributed by atoms with Gasteiger partial charge in [-0.25, -0.2) is 9.97 Å². The molecule has 0 atom stereocenters. The van der Waals surface area contributed by atoms with E-state index >= 15 is 0 Å². The molecule has 0 bridgehead atoms. The summed E-state index contributed by atoms with van der Waals surface area (Å²) in [6, 6.07) is 9.58. The molecule has 0 aliphatic carbocycles. The first kappa shape index (κ1) is 13.9. The Morgan fingerprint density at radius 1 is 1.21 bits per heavy atom. The molecule has 0 saturated carbocycles. The average Bonchev–Trinajstić information content (AvgIpc) is 2.41. The Kier molecular flexibility index (Phi) is 4.81. The maximum Gasteiger partial charge on any atom is 0.249 e. The normalized spacial score (nSPS) is 10.6. The minimum Gasteiger partial charge on any atom is -0.305 e. The van der Waals surface area contributed by atoms with Crippen LogP contribution < -0.4 is 5.32 Å². The molecule has 1 aromatic carbocycles. The number of hydrogen-bond acceptors (Lipinski definition) is 3. The fraction of sp³-hybridized carbons (Fsp3) is 0. The summed E-state index contributed by atoms with van der Waals surface area (Å²) in [6.45, 7) is 0. The van der Waals surface area contributed by atoms with Gasteiger partial charge in [-0.15, -0.1) is 0 Å². The van der Waals surface area contributed by atoms with Crippen molar-refractivity contribution in [2.24, 2.45) is 0 Å². The molecule has 2 rings (SSSR count). The van der Waals surface area contributed by atoms with Gasteiger partial charge in [0.05, 0.1) is 6.20 Å². The number of nitrogens with zero attached hydrogens (tertiary/aromatic N) is 2. The van der Waals surface area contributed by atoms with E-state index in [2.05, 4.69) is 47.1 Å². The van der Waals surface area contributed by atoms with Crippen LogP contribution >= 0.6 is 31.9 Å². The number of halogens is 2. The molecule has 6 heteroatoms. The summed E-state index contributed by atoms with van der Waals surface area (Å²) in [4.78, 5) is 19.9. The number of rotatable bonds is 3. The molecule has 0 unspecified atom stereocenters. The highest BCUT2D eigenvalue weighted by Gasteiger charge is 2.05. The molecule has 19 heavy (non-hydrogen) atoms. The minimum atomic E-state index is -0.263. The minimum absolute atomic E-state index is 0.263. The number of amides is 1. The van der Waals surface area contributed by atoms with E-state index in [1.807, 2.05) is 30.3 Å². The zero-order chi connectivity index (χ0) is 13.7. The molecule has 2 aromatic rings. The number of anilines is 1. The lowest BCUT2D eigenvalue weighted by molar-refractivity contribution is -0.111. The Hall–Kier alpha value is -1.53. The van der Waals surface area contributed by atoms with Gasteiger partial charge >= 0.3 is 0 Å². The van der Waals surface area contributed by atoms with Gasteiger partial charge in [-0.2, -0.15) is 0 Å². The molecule has 1 heterocycles. The summed E-state index contributed by atoms with van der Waals surface area (Å²) < 4.78 is 1.07. The fourth-order valence-electron chi connectivity index (χ4n) is 1.32. The molecule has 1 aromatic heterocycles. The molecule has 0 radical (unpaired) electrons. The first-order valence-corrected chi connectivity index (χ1v) is 6.96. The van der Waals surface area contributed by atoms with Crippen LogP contribution in [0.15, 0.2) is 51.8 Å². The third-order valence-corrected chi connectivity index (χ3v) is 3.10. The second kappa shape index (κ2) is 6.58. The van der Waals surface area contributed by atoms with Gasteiger partial charge in [0.1, 0.15) is 9.21 Å². The Morgan fingerprint density at radius 2 is 1.95 bits per heavy atom. The van der Waals surface area contributed by atoms with E-state index in [1.165, 1.54) is 12.3 Å². The molecule has 0 aliphatic rings. The number of carbonyl (C=O) groups excluding carboxylic acids is 1. The van der Waals surface area contributed by atoms with E-state index in [-0.39, 0.29) is 5.91 Å². The van der Waals surface area contributed by atoms with Gasteiger partial charge in [-0.1, -0.05) is 30.3 Å². The van der Waals surface area contributed by atoms with Crippen molar-refractivity contribution in [2.75, 3.05) is 5.32 Å². The Labute approximate surface area is 127 Å². The standard InChI is InChI=1S/C13H9Br2N3O/c14-10-8-16-13(12(15)17-10)18-11(19)7-6-9-4-2-1-3-5-9/h1-8H,(H,16,18,19)/b7-6+. The summed E-state index contributed by atoms with van der Waals surface area (Å²) in [5.41, 5.74) is 0.957. The van der Waals surface area contributed by atoms with Crippen LogP contribution in [0.2, 0.25) is 0 Å². The molecule has 0 spiro atoms. The topological polar surface area (TPSA) is 54.9 Å². The van der Waals surface area contributed by atoms with E-state index in [0.29, 0.717) is 15.0 Å². The van der Waals surface area contributed by atoms with Crippen LogP contribution in [0.1, 0.15) is 5.56 Å². The fourth-order valence-corrected chi connectivity index (χ4v) is 2.24. The Balaban J connectivity index is 2.04. The van der Waals surface area contributed by atoms with Crippen molar-refractivity contribution >= 4 is 49.7 Å². The first-order chi connectivity index (χ1) is 9.15. The second-order valence-electron chi connectivity index (χ2n) is 3.57. The maximum atomic E-state index is 11.7. The molecule has 0 fully saturated rings. The van der Waals surface area contributed by atoms with Crippen LogP contribution in [-0.4, -0.2) is 15.9 Å². The number of benzene rings is 1. The number of carbonyl (C=O) groups is 1. The van der Waals surface area contributed by atoms with E-state index < -0.39 is 0 Å². The van der Waals surface area contributed by atoms with Gasteiger partial charge in [-0.05, 0) is 43.5 Å². The SMILES string of the molecule is O=C(/C=C/c1ccccc1)Nc1ncc(Br)nc1Br. The number of nitrogens with one attached hydrogen (secondary N) is 1. The summed E-state index contributed by atoms with van der Waals surface area (Å²) in [6.07, 6.45) is 4.70. The lowest BCUT2D eigenvalue weighted by atomic mass is 10.2. The van der Waals surface area contributed by atoms with Crippen molar-refractivity contribution in [3.63, 3.8) is 0 Å². The predicted molar refractivity (Wildman–Crippen MR) is 81.5 cm³/mol. The molecular weight excluding hydrogens is 374 g/mol. The van der Waals surface area contributed by atoms with E-state index in [0.717, 1.165) is 5.56 Å². The van der Waals surface area contributed by atoms with Gasteiger partial charge in [0.25, 0.3) is 0 Å². The molecule has 0 saturated heterocycles. The lowest BCUT2D eigenvalue weighted by Crippen LogP contribution is -2.10. The van der Waals surface area contributed by atoms with Crippen molar-refractivity contribution in [3.8, 4) is 0 Å².